The van der Waals surface area contributed by atoms with Crippen LogP contribution in [-0.2, 0) is 4.74 Å². The Morgan fingerprint density at radius 3 is 2.75 bits per heavy atom. The molecule has 0 radical (unpaired) electrons. The van der Waals surface area contributed by atoms with Gasteiger partial charge in [0.2, 0.25) is 0 Å². The second kappa shape index (κ2) is 6.19. The van der Waals surface area contributed by atoms with E-state index in [1.54, 1.807) is 6.92 Å². The predicted octanol–water partition coefficient (Wildman–Crippen LogP) is 2.22. The van der Waals surface area contributed by atoms with Gasteiger partial charge in [-0.2, -0.15) is 5.10 Å². The minimum absolute atomic E-state index is 0.0246. The Kier molecular flexibility index (Phi) is 4.07. The van der Waals surface area contributed by atoms with Crippen LogP contribution in [0.2, 0.25) is 0 Å². The minimum atomic E-state index is -0.649. The van der Waals surface area contributed by atoms with Crippen LogP contribution in [0.5, 0.6) is 5.75 Å². The zero-order valence-corrected chi connectivity index (χ0v) is 13.3. The fraction of sp³-hybridized carbons (Fsp3) is 0.235. The number of nitrogens with one attached hydrogen (secondary N) is 1. The first-order chi connectivity index (χ1) is 11.5. The van der Waals surface area contributed by atoms with Crippen LogP contribution in [0.15, 0.2) is 41.2 Å². The molecule has 0 spiro atoms. The number of aromatic hydroxyl groups is 1. The Hall–Kier alpha value is -3.09. The van der Waals surface area contributed by atoms with Crippen LogP contribution in [-0.4, -0.2) is 32.4 Å². The summed E-state index contributed by atoms with van der Waals surface area (Å²) in [5, 5.41) is 14.6. The molecular formula is C17H17N3O4. The van der Waals surface area contributed by atoms with Crippen molar-refractivity contribution in [2.45, 2.75) is 19.9 Å². The first kappa shape index (κ1) is 15.8. The maximum Gasteiger partial charge on any atom is 0.359 e. The highest BCUT2D eigenvalue weighted by atomic mass is 16.5. The molecule has 0 saturated carbocycles. The molecule has 0 aliphatic heterocycles. The van der Waals surface area contributed by atoms with Crippen molar-refractivity contribution in [3.63, 3.8) is 0 Å². The van der Waals surface area contributed by atoms with Crippen molar-refractivity contribution in [3.05, 3.63) is 58.0 Å². The summed E-state index contributed by atoms with van der Waals surface area (Å²) >= 11 is 0. The van der Waals surface area contributed by atoms with Crippen molar-refractivity contribution >= 4 is 17.0 Å². The molecule has 0 aliphatic rings. The number of hydrogen-bond acceptors (Lipinski definition) is 5. The molecule has 0 amide bonds. The molecule has 3 rings (SSSR count). The van der Waals surface area contributed by atoms with Gasteiger partial charge >= 0.3 is 5.97 Å². The number of pyridine rings is 1. The van der Waals surface area contributed by atoms with E-state index in [1.807, 2.05) is 37.3 Å². The Morgan fingerprint density at radius 2 is 2.08 bits per heavy atom. The molecule has 3 aromatic rings. The van der Waals surface area contributed by atoms with Crippen molar-refractivity contribution in [2.75, 3.05) is 6.61 Å². The Bertz CT molecular complexity index is 944. The second-order valence-electron chi connectivity index (χ2n) is 5.34. The van der Waals surface area contributed by atoms with Crippen LogP contribution >= 0.6 is 0 Å². The van der Waals surface area contributed by atoms with E-state index in [1.165, 1.54) is 4.68 Å². The molecular weight excluding hydrogens is 310 g/mol. The number of nitrogens with zero attached hydrogens (tertiary/aromatic N) is 2. The highest BCUT2D eigenvalue weighted by Crippen LogP contribution is 2.29. The van der Waals surface area contributed by atoms with Gasteiger partial charge < -0.3 is 14.8 Å². The largest absolute Gasteiger partial charge is 0.507 e. The normalized spacial score (nSPS) is 12.2. The third kappa shape index (κ3) is 2.64. The third-order valence-corrected chi connectivity index (χ3v) is 3.79. The van der Waals surface area contributed by atoms with Gasteiger partial charge in [-0.05, 0) is 19.4 Å². The number of carbonyl (C=O) groups excluding carboxylic acids is 1. The van der Waals surface area contributed by atoms with Crippen molar-refractivity contribution in [3.8, 4) is 5.75 Å². The van der Waals surface area contributed by atoms with Gasteiger partial charge in [-0.1, -0.05) is 30.3 Å². The SMILES string of the molecule is CCOC(=O)c1nn(C(C)c2ccccc2)c2[nH]c(=O)cc(O)c12. The van der Waals surface area contributed by atoms with Gasteiger partial charge in [0.25, 0.3) is 5.56 Å². The zero-order valence-electron chi connectivity index (χ0n) is 13.3. The quantitative estimate of drug-likeness (QED) is 0.716. The lowest BCUT2D eigenvalue weighted by molar-refractivity contribution is 0.0520. The summed E-state index contributed by atoms with van der Waals surface area (Å²) in [4.78, 5) is 26.6. The van der Waals surface area contributed by atoms with Crippen molar-refractivity contribution in [1.29, 1.82) is 0 Å². The summed E-state index contributed by atoms with van der Waals surface area (Å²) in [7, 11) is 0. The standard InChI is InChI=1S/C17H17N3O4/c1-3-24-17(23)15-14-12(21)9-13(22)18-16(14)20(19-15)10(2)11-7-5-4-6-8-11/h4-10H,3H2,1-2H3,(H2,18,21,22). The molecule has 2 heterocycles. The number of carbonyl (C=O) groups is 1. The van der Waals surface area contributed by atoms with E-state index in [9.17, 15) is 14.7 Å². The number of hydrogen-bond donors (Lipinski definition) is 2. The lowest BCUT2D eigenvalue weighted by Crippen LogP contribution is -2.13. The molecule has 0 bridgehead atoms. The molecule has 2 aromatic heterocycles. The van der Waals surface area contributed by atoms with Gasteiger partial charge in [-0.15, -0.1) is 0 Å². The Balaban J connectivity index is 2.25. The number of benzene rings is 1. The second-order valence-corrected chi connectivity index (χ2v) is 5.34. The van der Waals surface area contributed by atoms with E-state index in [0.717, 1.165) is 11.6 Å². The maximum absolute atomic E-state index is 12.2. The van der Waals surface area contributed by atoms with E-state index >= 15 is 0 Å². The van der Waals surface area contributed by atoms with Gasteiger partial charge in [0.05, 0.1) is 18.0 Å². The zero-order chi connectivity index (χ0) is 17.3. The third-order valence-electron chi connectivity index (χ3n) is 3.79. The molecule has 0 fully saturated rings. The van der Waals surface area contributed by atoms with Gasteiger partial charge in [-0.25, -0.2) is 9.48 Å². The van der Waals surface area contributed by atoms with Crippen LogP contribution in [0.4, 0.5) is 0 Å². The molecule has 0 aliphatic carbocycles. The smallest absolute Gasteiger partial charge is 0.359 e. The fourth-order valence-corrected chi connectivity index (χ4v) is 2.64. The minimum Gasteiger partial charge on any atom is -0.507 e. The number of ether oxygens (including phenoxy) is 1. The van der Waals surface area contributed by atoms with Crippen molar-refractivity contribution in [1.82, 2.24) is 14.8 Å². The highest BCUT2D eigenvalue weighted by molar-refractivity contribution is 6.03. The fourth-order valence-electron chi connectivity index (χ4n) is 2.64. The van der Waals surface area contributed by atoms with Gasteiger partial charge in [-0.3, -0.25) is 4.79 Å². The molecule has 1 aromatic carbocycles. The van der Waals surface area contributed by atoms with Gasteiger partial charge in [0.15, 0.2) is 5.69 Å². The molecule has 1 atom stereocenters. The first-order valence-corrected chi connectivity index (χ1v) is 7.59. The van der Waals surface area contributed by atoms with E-state index in [-0.39, 0.29) is 35.1 Å². The topological polar surface area (TPSA) is 97.2 Å². The van der Waals surface area contributed by atoms with Crippen LogP contribution in [0.3, 0.4) is 0 Å². The number of fused-ring (bicyclic) bond motifs is 1. The van der Waals surface area contributed by atoms with Crippen molar-refractivity contribution < 1.29 is 14.6 Å². The van der Waals surface area contributed by atoms with Crippen LogP contribution < -0.4 is 5.56 Å². The van der Waals surface area contributed by atoms with Crippen LogP contribution in [0.25, 0.3) is 11.0 Å². The van der Waals surface area contributed by atoms with Gasteiger partial charge in [0.1, 0.15) is 11.4 Å². The van der Waals surface area contributed by atoms with Crippen molar-refractivity contribution in [2.24, 2.45) is 0 Å². The highest BCUT2D eigenvalue weighted by Gasteiger charge is 2.24. The maximum atomic E-state index is 12.2. The summed E-state index contributed by atoms with van der Waals surface area (Å²) in [6, 6.07) is 10.3. The first-order valence-electron chi connectivity index (χ1n) is 7.59. The number of esters is 1. The van der Waals surface area contributed by atoms with E-state index < -0.39 is 11.5 Å². The number of rotatable bonds is 4. The lowest BCUT2D eigenvalue weighted by atomic mass is 10.1. The average molecular weight is 327 g/mol. The van der Waals surface area contributed by atoms with E-state index in [4.69, 9.17) is 4.74 Å². The summed E-state index contributed by atoms with van der Waals surface area (Å²) in [5.41, 5.74) is 0.723. The molecule has 7 nitrogen and oxygen atoms in total. The monoisotopic (exact) mass is 327 g/mol. The van der Waals surface area contributed by atoms with Gasteiger partial charge in [0, 0.05) is 6.07 Å². The molecule has 7 heteroatoms. The number of aromatic nitrogens is 3. The number of H-pyrrole nitrogens is 1. The summed E-state index contributed by atoms with van der Waals surface area (Å²) in [6.45, 7) is 3.76. The molecule has 24 heavy (non-hydrogen) atoms. The summed E-state index contributed by atoms with van der Waals surface area (Å²) in [6.07, 6.45) is 0. The molecule has 1 unspecified atom stereocenters. The Morgan fingerprint density at radius 1 is 1.38 bits per heavy atom. The molecule has 124 valence electrons. The van der Waals surface area contributed by atoms with E-state index in [2.05, 4.69) is 10.1 Å². The van der Waals surface area contributed by atoms with Crippen LogP contribution in [0, 0.1) is 0 Å². The Labute approximate surface area is 137 Å². The lowest BCUT2D eigenvalue weighted by Gasteiger charge is -2.13. The molecule has 2 N–H and O–H groups in total. The predicted molar refractivity (Wildman–Crippen MR) is 88.2 cm³/mol. The summed E-state index contributed by atoms with van der Waals surface area (Å²) < 4.78 is 6.51. The van der Waals surface area contributed by atoms with E-state index in [0.29, 0.717) is 0 Å². The number of aromatic amines is 1. The van der Waals surface area contributed by atoms with Crippen LogP contribution in [0.1, 0.15) is 35.9 Å². The molecule has 0 saturated heterocycles. The average Bonchev–Trinajstić information content (AvgIpc) is 2.95. The summed E-state index contributed by atoms with van der Waals surface area (Å²) in [5.74, 6) is -0.952.